The molecule has 0 heterocycles. The van der Waals surface area contributed by atoms with Crippen LogP contribution in [0.2, 0.25) is 4.47 Å². The van der Waals surface area contributed by atoms with Crippen LogP contribution in [0.15, 0.2) is 0 Å². The predicted octanol–water partition coefficient (Wildman–Crippen LogP) is 0.162. The molecule has 0 unspecified atom stereocenters. The molecule has 0 N–H and O–H groups in total. The molecule has 1 radical (unpaired) electrons. The number of hydrogen-bond acceptors (Lipinski definition) is 1. The van der Waals surface area contributed by atoms with Crippen molar-refractivity contribution in [2.45, 2.75) is 10.9 Å². The Labute approximate surface area is 44.7 Å². The van der Waals surface area contributed by atoms with Gasteiger partial charge in [-0.15, -0.1) is 0 Å². The minimum atomic E-state index is 0.713. The second-order valence-corrected chi connectivity index (χ2v) is 1.82. The summed E-state index contributed by atoms with van der Waals surface area (Å²) in [5, 5.41) is 0. The van der Waals surface area contributed by atoms with Gasteiger partial charge in [0.05, 0.1) is 0 Å². The normalized spacial score (nSPS) is 7.40. The molecule has 0 aliphatic rings. The molecule has 0 atom stereocenters. The van der Waals surface area contributed by atoms with E-state index < -0.39 is 0 Å². The van der Waals surface area contributed by atoms with E-state index in [0.717, 1.165) is 10.8 Å². The fourth-order valence-corrected chi connectivity index (χ4v) is 0.323. The van der Waals surface area contributed by atoms with Gasteiger partial charge < -0.3 is 0 Å². The van der Waals surface area contributed by atoms with Crippen molar-refractivity contribution in [3.05, 3.63) is 0 Å². The second-order valence-electron chi connectivity index (χ2n) is 0.659. The molecule has 0 aliphatic heterocycles. The van der Waals surface area contributed by atoms with Gasteiger partial charge in [0.25, 0.3) is 0 Å². The van der Waals surface area contributed by atoms with Crippen LogP contribution in [-0.4, -0.2) is 28.6 Å². The molecule has 0 aromatic rings. The van der Waals surface area contributed by atoms with Gasteiger partial charge in [-0.3, -0.25) is 0 Å². The molecule has 0 fully saturated rings. The Morgan fingerprint density at radius 1 is 1.80 bits per heavy atom. The Hall–Kier alpha value is 0.460. The summed E-state index contributed by atoms with van der Waals surface area (Å²) in [4.78, 5) is 9.41. The van der Waals surface area contributed by atoms with E-state index in [1.165, 1.54) is 0 Å². The van der Waals surface area contributed by atoms with Gasteiger partial charge in [-0.05, 0) is 0 Å². The van der Waals surface area contributed by atoms with Crippen LogP contribution in [0.4, 0.5) is 0 Å². The molecule has 0 saturated carbocycles. The summed E-state index contributed by atoms with van der Waals surface area (Å²) in [6.07, 6.45) is 1.65. The molecule has 0 rings (SSSR count). The zero-order valence-corrected chi connectivity index (χ0v) is 5.14. The van der Waals surface area contributed by atoms with Crippen molar-refractivity contribution >= 4 is 28.6 Å². The van der Waals surface area contributed by atoms with Crippen molar-refractivity contribution in [1.82, 2.24) is 0 Å². The van der Waals surface area contributed by atoms with Crippen molar-refractivity contribution in [2.75, 3.05) is 0 Å². The molecule has 0 aromatic carbocycles. The molecule has 0 amide bonds. The van der Waals surface area contributed by atoms with Crippen molar-refractivity contribution in [3.8, 4) is 0 Å². The predicted molar refractivity (Wildman–Crippen MR) is 21.2 cm³/mol. The van der Waals surface area contributed by atoms with Crippen molar-refractivity contribution in [2.24, 2.45) is 0 Å². The molecule has 1 nitrogen and oxygen atoms in total. The van der Waals surface area contributed by atoms with E-state index in [0.29, 0.717) is 6.42 Å². The fraction of sp³-hybridized carbons (Fsp3) is 0.667. The third kappa shape index (κ3) is 4.46. The van der Waals surface area contributed by atoms with Crippen LogP contribution in [-0.2, 0) is 4.79 Å². The summed E-state index contributed by atoms with van der Waals surface area (Å²) in [7, 11) is 0. The Bertz CT molecular complexity index is 28.1. The fourth-order valence-electron chi connectivity index (χ4n) is 0.0481. The second kappa shape index (κ2) is 4.46. The third-order valence-corrected chi connectivity index (χ3v) is 0.908. The first-order chi connectivity index (χ1) is 2.41. The average Bonchev–Trinajstić information content (AvgIpc) is 1.41. The van der Waals surface area contributed by atoms with Crippen molar-refractivity contribution in [1.29, 1.82) is 0 Å². The SMILES string of the molecule is O=CCC[Te]. The number of hydrogen-bond donors (Lipinski definition) is 0. The van der Waals surface area contributed by atoms with Gasteiger partial charge >= 0.3 is 44.3 Å². The monoisotopic (exact) mass is 187 g/mol. The number of aldehydes is 1. The summed E-state index contributed by atoms with van der Waals surface area (Å²) in [6, 6.07) is 0. The van der Waals surface area contributed by atoms with E-state index in [1.54, 1.807) is 0 Å². The summed E-state index contributed by atoms with van der Waals surface area (Å²) >= 11 is 1.92. The first kappa shape index (κ1) is 5.46. The number of rotatable bonds is 2. The van der Waals surface area contributed by atoms with E-state index in [1.807, 2.05) is 22.3 Å². The summed E-state index contributed by atoms with van der Waals surface area (Å²) < 4.78 is 0.986. The molecule has 5 heavy (non-hydrogen) atoms. The van der Waals surface area contributed by atoms with Crippen LogP contribution in [0.3, 0.4) is 0 Å². The molecule has 0 saturated heterocycles. The zero-order chi connectivity index (χ0) is 4.12. The Morgan fingerprint density at radius 2 is 2.40 bits per heavy atom. The molecule has 0 aromatic heterocycles. The van der Waals surface area contributed by atoms with E-state index in [2.05, 4.69) is 0 Å². The zero-order valence-electron chi connectivity index (χ0n) is 2.81. The molecular weight excluding hydrogens is 180 g/mol. The van der Waals surface area contributed by atoms with Crippen LogP contribution < -0.4 is 0 Å². The van der Waals surface area contributed by atoms with Gasteiger partial charge in [0.2, 0.25) is 0 Å². The van der Waals surface area contributed by atoms with Crippen LogP contribution in [0, 0.1) is 0 Å². The molecule has 0 aliphatic carbocycles. The standard InChI is InChI=1S/C3H5OTe/c4-2-1-3-5/h2H,1,3H2. The molecule has 2 heteroatoms. The maximum absolute atomic E-state index is 9.41. The van der Waals surface area contributed by atoms with E-state index >= 15 is 0 Å². The summed E-state index contributed by atoms with van der Waals surface area (Å²) in [5.74, 6) is 0. The maximum atomic E-state index is 9.41. The summed E-state index contributed by atoms with van der Waals surface area (Å²) in [5.41, 5.74) is 0. The van der Waals surface area contributed by atoms with Gasteiger partial charge in [0, 0.05) is 0 Å². The van der Waals surface area contributed by atoms with Crippen LogP contribution in [0.5, 0.6) is 0 Å². The number of carbonyl (C=O) groups is 1. The Kier molecular flexibility index (Phi) is 4.87. The van der Waals surface area contributed by atoms with Gasteiger partial charge in [-0.25, -0.2) is 0 Å². The molecule has 29 valence electrons. The third-order valence-electron chi connectivity index (χ3n) is 0.236. The van der Waals surface area contributed by atoms with Gasteiger partial charge in [0.15, 0.2) is 0 Å². The van der Waals surface area contributed by atoms with Crippen LogP contribution in [0.1, 0.15) is 6.42 Å². The van der Waals surface area contributed by atoms with E-state index in [-0.39, 0.29) is 0 Å². The van der Waals surface area contributed by atoms with Gasteiger partial charge in [-0.2, -0.15) is 0 Å². The Balaban J connectivity index is 2.40. The Morgan fingerprint density at radius 3 is 2.40 bits per heavy atom. The van der Waals surface area contributed by atoms with Crippen molar-refractivity contribution in [3.63, 3.8) is 0 Å². The molecule has 0 bridgehead atoms. The topological polar surface area (TPSA) is 17.1 Å². The summed E-state index contributed by atoms with van der Waals surface area (Å²) in [6.45, 7) is 0. The van der Waals surface area contributed by atoms with E-state index in [4.69, 9.17) is 0 Å². The molecular formula is C3H5OTe. The first-order valence-electron chi connectivity index (χ1n) is 1.43. The number of carbonyl (C=O) groups excluding carboxylic acids is 1. The van der Waals surface area contributed by atoms with Gasteiger partial charge in [0.1, 0.15) is 0 Å². The first-order valence-corrected chi connectivity index (χ1v) is 3.08. The van der Waals surface area contributed by atoms with E-state index in [9.17, 15) is 4.79 Å². The quantitative estimate of drug-likeness (QED) is 0.442. The average molecular weight is 185 g/mol. The van der Waals surface area contributed by atoms with Gasteiger partial charge in [-0.1, -0.05) is 0 Å². The minimum absolute atomic E-state index is 0.713. The van der Waals surface area contributed by atoms with Crippen molar-refractivity contribution < 1.29 is 4.79 Å². The molecule has 0 spiro atoms. The van der Waals surface area contributed by atoms with Crippen LogP contribution >= 0.6 is 0 Å². The van der Waals surface area contributed by atoms with Crippen LogP contribution in [0.25, 0.3) is 0 Å².